The summed E-state index contributed by atoms with van der Waals surface area (Å²) in [4.78, 5) is 25.0. The number of rotatable bonds is 2. The summed E-state index contributed by atoms with van der Waals surface area (Å²) in [6, 6.07) is 1.85. The fourth-order valence-electron chi connectivity index (χ4n) is 2.58. The third kappa shape index (κ3) is 2.89. The molecule has 6 heteroatoms. The first-order valence-electron chi connectivity index (χ1n) is 6.73. The molecular weight excluding hydrogens is 280 g/mol. The van der Waals surface area contributed by atoms with E-state index in [1.165, 1.54) is 17.9 Å². The van der Waals surface area contributed by atoms with Gasteiger partial charge in [-0.25, -0.2) is 8.78 Å². The lowest BCUT2D eigenvalue weighted by Crippen LogP contribution is -2.48. The Kier molecular flexibility index (Phi) is 3.98. The molecule has 1 atom stereocenters. The molecular formula is C15H17F2NO3. The fourth-order valence-corrected chi connectivity index (χ4v) is 2.58. The number of likely N-dealkylation sites (tertiary alicyclic amines) is 1. The Bertz CT molecular complexity index is 603. The molecule has 0 radical (unpaired) electrons. The Morgan fingerprint density at radius 2 is 1.95 bits per heavy atom. The lowest BCUT2D eigenvalue weighted by atomic mass is 9.82. The monoisotopic (exact) mass is 297 g/mol. The number of carbonyl (C=O) groups excluding carboxylic acids is 1. The Balaban J connectivity index is 2.28. The van der Waals surface area contributed by atoms with Crippen molar-refractivity contribution in [3.05, 3.63) is 34.9 Å². The minimum Gasteiger partial charge on any atom is -0.481 e. The van der Waals surface area contributed by atoms with Crippen LogP contribution in [0, 0.1) is 24.0 Å². The van der Waals surface area contributed by atoms with Crippen molar-refractivity contribution in [2.45, 2.75) is 26.7 Å². The van der Waals surface area contributed by atoms with E-state index in [9.17, 15) is 23.5 Å². The molecule has 1 fully saturated rings. The van der Waals surface area contributed by atoms with Crippen LogP contribution in [0.2, 0.25) is 0 Å². The summed E-state index contributed by atoms with van der Waals surface area (Å²) in [6.45, 7) is 3.42. The highest BCUT2D eigenvalue weighted by atomic mass is 19.1. The maximum Gasteiger partial charge on any atom is 0.311 e. The second-order valence-corrected chi connectivity index (χ2v) is 5.78. The van der Waals surface area contributed by atoms with Crippen LogP contribution in [0.25, 0.3) is 0 Å². The predicted octanol–water partition coefficient (Wildman–Crippen LogP) is 2.60. The van der Waals surface area contributed by atoms with Crippen LogP contribution >= 0.6 is 0 Å². The van der Waals surface area contributed by atoms with Gasteiger partial charge in [-0.15, -0.1) is 0 Å². The highest BCUT2D eigenvalue weighted by molar-refractivity contribution is 5.95. The molecule has 1 aromatic rings. The molecule has 2 rings (SSSR count). The minimum absolute atomic E-state index is 0.0248. The number of nitrogens with zero attached hydrogens (tertiary/aromatic N) is 1. The first-order chi connectivity index (χ1) is 9.74. The number of hydrogen-bond donors (Lipinski definition) is 1. The van der Waals surface area contributed by atoms with Gasteiger partial charge in [-0.1, -0.05) is 0 Å². The molecule has 21 heavy (non-hydrogen) atoms. The molecule has 0 aromatic heterocycles. The van der Waals surface area contributed by atoms with Crippen LogP contribution in [0.5, 0.6) is 0 Å². The number of hydrogen-bond acceptors (Lipinski definition) is 2. The van der Waals surface area contributed by atoms with Crippen LogP contribution < -0.4 is 0 Å². The lowest BCUT2D eigenvalue weighted by molar-refractivity contribution is -0.150. The SMILES string of the molecule is Cc1cc(C(=O)N2CCCC(C)(C(=O)O)C2)c(F)cc1F. The van der Waals surface area contributed by atoms with Crippen LogP contribution in [0.1, 0.15) is 35.7 Å². The molecule has 4 nitrogen and oxygen atoms in total. The molecule has 1 saturated heterocycles. The van der Waals surface area contributed by atoms with E-state index in [0.29, 0.717) is 25.5 Å². The van der Waals surface area contributed by atoms with Crippen LogP contribution in [0.4, 0.5) is 8.78 Å². The molecule has 0 bridgehead atoms. The van der Waals surface area contributed by atoms with Crippen LogP contribution in [-0.4, -0.2) is 35.0 Å². The average molecular weight is 297 g/mol. The first-order valence-corrected chi connectivity index (χ1v) is 6.73. The summed E-state index contributed by atoms with van der Waals surface area (Å²) in [5, 5.41) is 9.24. The van der Waals surface area contributed by atoms with Gasteiger partial charge in [0.05, 0.1) is 11.0 Å². The molecule has 1 amide bonds. The molecule has 1 aliphatic heterocycles. The van der Waals surface area contributed by atoms with Crippen molar-refractivity contribution in [1.82, 2.24) is 4.90 Å². The normalized spacial score (nSPS) is 22.2. The first kappa shape index (κ1) is 15.4. The highest BCUT2D eigenvalue weighted by Crippen LogP contribution is 2.31. The summed E-state index contributed by atoms with van der Waals surface area (Å²) in [7, 11) is 0. The van der Waals surface area contributed by atoms with Crippen molar-refractivity contribution >= 4 is 11.9 Å². The molecule has 114 valence electrons. The van der Waals surface area contributed by atoms with Crippen LogP contribution in [-0.2, 0) is 4.79 Å². The van der Waals surface area contributed by atoms with Gasteiger partial charge in [0.15, 0.2) is 0 Å². The zero-order chi connectivity index (χ0) is 15.8. The number of piperidine rings is 1. The lowest BCUT2D eigenvalue weighted by Gasteiger charge is -2.37. The fraction of sp³-hybridized carbons (Fsp3) is 0.467. The van der Waals surface area contributed by atoms with Gasteiger partial charge in [-0.2, -0.15) is 0 Å². The van der Waals surface area contributed by atoms with Crippen molar-refractivity contribution in [3.63, 3.8) is 0 Å². The molecule has 0 saturated carbocycles. The van der Waals surface area contributed by atoms with Crippen molar-refractivity contribution in [1.29, 1.82) is 0 Å². The van der Waals surface area contributed by atoms with Crippen molar-refractivity contribution in [3.8, 4) is 0 Å². The van der Waals surface area contributed by atoms with Crippen molar-refractivity contribution in [2.75, 3.05) is 13.1 Å². The van der Waals surface area contributed by atoms with E-state index in [4.69, 9.17) is 0 Å². The second-order valence-electron chi connectivity index (χ2n) is 5.78. The average Bonchev–Trinajstić information content (AvgIpc) is 2.42. The number of amides is 1. The molecule has 1 heterocycles. The largest absolute Gasteiger partial charge is 0.481 e. The number of carboxylic acids is 1. The number of benzene rings is 1. The number of aryl methyl sites for hydroxylation is 1. The maximum atomic E-state index is 13.8. The molecule has 0 aliphatic carbocycles. The maximum absolute atomic E-state index is 13.8. The quantitative estimate of drug-likeness (QED) is 0.913. The van der Waals surface area contributed by atoms with Gasteiger partial charge in [0.2, 0.25) is 0 Å². The Morgan fingerprint density at radius 1 is 1.29 bits per heavy atom. The van der Waals surface area contributed by atoms with E-state index >= 15 is 0 Å². The minimum atomic E-state index is -1.03. The Labute approximate surface area is 121 Å². The van der Waals surface area contributed by atoms with E-state index < -0.39 is 28.9 Å². The van der Waals surface area contributed by atoms with Gasteiger partial charge in [0.1, 0.15) is 11.6 Å². The van der Waals surface area contributed by atoms with Gasteiger partial charge in [-0.05, 0) is 38.3 Å². The number of carboxylic acid groups (broad SMARTS) is 1. The van der Waals surface area contributed by atoms with Crippen molar-refractivity contribution in [2.24, 2.45) is 5.41 Å². The highest BCUT2D eigenvalue weighted by Gasteiger charge is 2.39. The van der Waals surface area contributed by atoms with E-state index in [2.05, 4.69) is 0 Å². The smallest absolute Gasteiger partial charge is 0.311 e. The van der Waals surface area contributed by atoms with Gasteiger partial charge in [0.25, 0.3) is 5.91 Å². The summed E-state index contributed by atoms with van der Waals surface area (Å²) in [6.07, 6.45) is 1.01. The van der Waals surface area contributed by atoms with E-state index in [1.807, 2.05) is 0 Å². The standard InChI is InChI=1S/C15H17F2NO3/c1-9-6-10(12(17)7-11(9)16)13(19)18-5-3-4-15(2,8-18)14(20)21/h6-7H,3-5,8H2,1-2H3,(H,20,21). The third-order valence-corrected chi connectivity index (χ3v) is 3.98. The predicted molar refractivity (Wildman–Crippen MR) is 72.0 cm³/mol. The molecule has 0 spiro atoms. The summed E-state index contributed by atoms with van der Waals surface area (Å²) >= 11 is 0. The van der Waals surface area contributed by atoms with Gasteiger partial charge >= 0.3 is 5.97 Å². The van der Waals surface area contributed by atoms with E-state index in [-0.39, 0.29) is 17.7 Å². The third-order valence-electron chi connectivity index (χ3n) is 3.98. The van der Waals surface area contributed by atoms with Crippen molar-refractivity contribution < 1.29 is 23.5 Å². The number of halogens is 2. The molecule has 1 N–H and O–H groups in total. The zero-order valence-corrected chi connectivity index (χ0v) is 11.9. The van der Waals surface area contributed by atoms with Gasteiger partial charge in [-0.3, -0.25) is 9.59 Å². The van der Waals surface area contributed by atoms with E-state index in [0.717, 1.165) is 0 Å². The summed E-state index contributed by atoms with van der Waals surface area (Å²) in [5.74, 6) is -3.21. The van der Waals surface area contributed by atoms with Gasteiger partial charge in [0, 0.05) is 19.2 Å². The molecule has 1 unspecified atom stereocenters. The summed E-state index contributed by atoms with van der Waals surface area (Å²) in [5.41, 5.74) is -1.07. The molecule has 1 aliphatic rings. The zero-order valence-electron chi connectivity index (χ0n) is 11.9. The van der Waals surface area contributed by atoms with Crippen LogP contribution in [0.3, 0.4) is 0 Å². The van der Waals surface area contributed by atoms with E-state index in [1.54, 1.807) is 6.92 Å². The second kappa shape index (κ2) is 5.42. The molecule has 1 aromatic carbocycles. The Hall–Kier alpha value is -1.98. The number of aliphatic carboxylic acids is 1. The Morgan fingerprint density at radius 3 is 2.57 bits per heavy atom. The summed E-state index contributed by atoms with van der Waals surface area (Å²) < 4.78 is 27.0. The van der Waals surface area contributed by atoms with Gasteiger partial charge < -0.3 is 10.0 Å². The topological polar surface area (TPSA) is 57.6 Å². The van der Waals surface area contributed by atoms with Crippen LogP contribution in [0.15, 0.2) is 12.1 Å². The number of carbonyl (C=O) groups is 2.